The van der Waals surface area contributed by atoms with Crippen molar-refractivity contribution in [3.63, 3.8) is 0 Å². The lowest BCUT2D eigenvalue weighted by molar-refractivity contribution is -0.143. The van der Waals surface area contributed by atoms with Crippen molar-refractivity contribution < 1.29 is 20.1 Å². The van der Waals surface area contributed by atoms with Gasteiger partial charge < -0.3 is 15.3 Å². The van der Waals surface area contributed by atoms with Gasteiger partial charge in [-0.25, -0.2) is 0 Å². The third kappa shape index (κ3) is 14.5. The van der Waals surface area contributed by atoms with Gasteiger partial charge in [0.1, 0.15) is 0 Å². The number of aliphatic hydroxyl groups excluding tert-OH is 2. The van der Waals surface area contributed by atoms with Crippen molar-refractivity contribution in [3.8, 4) is 0 Å². The van der Waals surface area contributed by atoms with E-state index >= 15 is 0 Å². The Balaban J connectivity index is 3.52. The summed E-state index contributed by atoms with van der Waals surface area (Å²) in [6, 6.07) is 0. The van der Waals surface area contributed by atoms with Crippen LogP contribution in [-0.4, -0.2) is 34.0 Å². The topological polar surface area (TPSA) is 77.8 Å². The Labute approximate surface area is 141 Å². The molecule has 0 saturated carbocycles. The highest BCUT2D eigenvalue weighted by Gasteiger charge is 2.20. The van der Waals surface area contributed by atoms with Crippen molar-refractivity contribution >= 4 is 5.97 Å². The second kappa shape index (κ2) is 16.0. The minimum Gasteiger partial charge on any atom is -0.481 e. The maximum absolute atomic E-state index is 11.1. The highest BCUT2D eigenvalue weighted by atomic mass is 16.4. The molecule has 0 radical (unpaired) electrons. The molecule has 2 atom stereocenters. The van der Waals surface area contributed by atoms with Crippen LogP contribution in [-0.2, 0) is 4.79 Å². The molecule has 136 valence electrons. The van der Waals surface area contributed by atoms with Crippen LogP contribution in [0.25, 0.3) is 0 Å². The van der Waals surface area contributed by atoms with Gasteiger partial charge >= 0.3 is 5.97 Å². The summed E-state index contributed by atoms with van der Waals surface area (Å²) in [5.41, 5.74) is 0. The predicted molar refractivity (Wildman–Crippen MR) is 94.4 cm³/mol. The zero-order valence-electron chi connectivity index (χ0n) is 14.8. The smallest absolute Gasteiger partial charge is 0.306 e. The molecule has 0 aromatic rings. The number of unbranched alkanes of at least 4 members (excludes halogenated alkanes) is 8. The molecule has 0 saturated heterocycles. The average molecular weight is 328 g/mol. The molecule has 0 aliphatic carbocycles. The van der Waals surface area contributed by atoms with E-state index in [2.05, 4.69) is 19.1 Å². The van der Waals surface area contributed by atoms with Crippen molar-refractivity contribution in [2.75, 3.05) is 6.61 Å². The van der Waals surface area contributed by atoms with Crippen molar-refractivity contribution in [1.82, 2.24) is 0 Å². The van der Waals surface area contributed by atoms with Gasteiger partial charge in [0.05, 0.1) is 18.6 Å². The van der Waals surface area contributed by atoms with Gasteiger partial charge in [-0.2, -0.15) is 0 Å². The maximum atomic E-state index is 11.1. The molecule has 0 bridgehead atoms. The lowest BCUT2D eigenvalue weighted by Gasteiger charge is -2.14. The summed E-state index contributed by atoms with van der Waals surface area (Å²) < 4.78 is 0. The van der Waals surface area contributed by atoms with E-state index in [1.165, 1.54) is 32.1 Å². The first kappa shape index (κ1) is 22.1. The Morgan fingerprint density at radius 3 is 2.04 bits per heavy atom. The Kier molecular flexibility index (Phi) is 15.4. The van der Waals surface area contributed by atoms with E-state index in [1.54, 1.807) is 0 Å². The quantitative estimate of drug-likeness (QED) is 0.292. The summed E-state index contributed by atoms with van der Waals surface area (Å²) in [5.74, 6) is -1.41. The summed E-state index contributed by atoms with van der Waals surface area (Å²) in [7, 11) is 0. The van der Waals surface area contributed by atoms with Crippen LogP contribution in [0.5, 0.6) is 0 Å². The summed E-state index contributed by atoms with van der Waals surface area (Å²) >= 11 is 0. The van der Waals surface area contributed by atoms with Crippen LogP contribution in [0.2, 0.25) is 0 Å². The van der Waals surface area contributed by atoms with Crippen molar-refractivity contribution in [1.29, 1.82) is 0 Å². The molecule has 2 unspecified atom stereocenters. The van der Waals surface area contributed by atoms with Gasteiger partial charge in [-0.3, -0.25) is 4.79 Å². The minimum absolute atomic E-state index is 0.145. The van der Waals surface area contributed by atoms with Gasteiger partial charge in [-0.1, -0.05) is 57.6 Å². The lowest BCUT2D eigenvalue weighted by Crippen LogP contribution is -2.23. The molecule has 0 aromatic heterocycles. The Morgan fingerprint density at radius 2 is 1.52 bits per heavy atom. The molecule has 3 N–H and O–H groups in total. The summed E-state index contributed by atoms with van der Waals surface area (Å²) in [5, 5.41) is 27.2. The normalized spacial score (nSPS) is 14.2. The van der Waals surface area contributed by atoms with Gasteiger partial charge in [-0.05, 0) is 38.5 Å². The average Bonchev–Trinajstić information content (AvgIpc) is 2.54. The second-order valence-corrected chi connectivity index (χ2v) is 6.42. The monoisotopic (exact) mass is 328 g/mol. The molecule has 0 amide bonds. The van der Waals surface area contributed by atoms with Gasteiger partial charge in [-0.15, -0.1) is 0 Å². The van der Waals surface area contributed by atoms with E-state index in [1.807, 2.05) is 0 Å². The number of hydrogen-bond acceptors (Lipinski definition) is 3. The predicted octanol–water partition coefficient (Wildman–Crippen LogP) is 4.30. The van der Waals surface area contributed by atoms with E-state index in [9.17, 15) is 9.90 Å². The number of aliphatic carboxylic acids is 1. The fourth-order valence-electron chi connectivity index (χ4n) is 2.68. The largest absolute Gasteiger partial charge is 0.481 e. The van der Waals surface area contributed by atoms with Crippen molar-refractivity contribution in [2.24, 2.45) is 5.92 Å². The van der Waals surface area contributed by atoms with Gasteiger partial charge in [0, 0.05) is 0 Å². The molecule has 0 aromatic carbocycles. The molecule has 4 heteroatoms. The molecular formula is C19H36O4. The Bertz CT molecular complexity index is 302. The Morgan fingerprint density at radius 1 is 0.957 bits per heavy atom. The minimum atomic E-state index is -0.918. The summed E-state index contributed by atoms with van der Waals surface area (Å²) in [6.07, 6.45) is 16.1. The first-order valence-electron chi connectivity index (χ1n) is 9.28. The third-order valence-electron chi connectivity index (χ3n) is 4.18. The zero-order chi connectivity index (χ0) is 17.3. The molecule has 0 fully saturated rings. The number of rotatable bonds is 16. The molecule has 0 spiro atoms. The highest BCUT2D eigenvalue weighted by molar-refractivity contribution is 5.69. The molecule has 4 nitrogen and oxygen atoms in total. The summed E-state index contributed by atoms with van der Waals surface area (Å²) in [6.45, 7) is 1.86. The molecule has 0 aliphatic heterocycles. The summed E-state index contributed by atoms with van der Waals surface area (Å²) in [4.78, 5) is 11.1. The number of allylic oxidation sites excluding steroid dienone is 2. The van der Waals surface area contributed by atoms with Crippen LogP contribution in [0.4, 0.5) is 0 Å². The van der Waals surface area contributed by atoms with Gasteiger partial charge in [0.2, 0.25) is 0 Å². The number of hydrogen-bond donors (Lipinski definition) is 3. The zero-order valence-corrected chi connectivity index (χ0v) is 14.8. The van der Waals surface area contributed by atoms with Crippen molar-refractivity contribution in [2.45, 2.75) is 90.1 Å². The van der Waals surface area contributed by atoms with Crippen LogP contribution < -0.4 is 0 Å². The third-order valence-corrected chi connectivity index (χ3v) is 4.18. The van der Waals surface area contributed by atoms with Crippen LogP contribution in [0.3, 0.4) is 0 Å². The van der Waals surface area contributed by atoms with E-state index in [0.717, 1.165) is 32.1 Å². The maximum Gasteiger partial charge on any atom is 0.306 e. The number of carboxylic acid groups (broad SMARTS) is 1. The van der Waals surface area contributed by atoms with Crippen LogP contribution in [0.15, 0.2) is 12.2 Å². The molecule has 0 rings (SSSR count). The first-order chi connectivity index (χ1) is 11.1. The highest BCUT2D eigenvalue weighted by Crippen LogP contribution is 2.17. The fourth-order valence-corrected chi connectivity index (χ4v) is 2.68. The van der Waals surface area contributed by atoms with E-state index in [0.29, 0.717) is 6.42 Å². The molecule has 0 heterocycles. The van der Waals surface area contributed by atoms with E-state index in [-0.39, 0.29) is 13.0 Å². The molecule has 0 aliphatic rings. The number of aliphatic hydroxyl groups is 2. The van der Waals surface area contributed by atoms with Crippen LogP contribution >= 0.6 is 0 Å². The standard InChI is InChI=1S/C19H36O4/c1-2-3-4-5-6-7-8-9-10-11-12-13-14-17(19(22)23)15-18(21)16-20/h7-8,17-18,20-21H,2-6,9-16H2,1H3,(H,22,23). The number of carbonyl (C=O) groups is 1. The fraction of sp³-hybridized carbons (Fsp3) is 0.842. The van der Waals surface area contributed by atoms with E-state index in [4.69, 9.17) is 10.2 Å². The Hall–Kier alpha value is -0.870. The number of carboxylic acids is 1. The SMILES string of the molecule is CCCCCCC=CCCCCCCC(CC(O)CO)C(=O)O. The van der Waals surface area contributed by atoms with Crippen molar-refractivity contribution in [3.05, 3.63) is 12.2 Å². The van der Waals surface area contributed by atoms with Gasteiger partial charge in [0.25, 0.3) is 0 Å². The molecule has 23 heavy (non-hydrogen) atoms. The van der Waals surface area contributed by atoms with Gasteiger partial charge in [0.15, 0.2) is 0 Å². The second-order valence-electron chi connectivity index (χ2n) is 6.42. The van der Waals surface area contributed by atoms with Crippen LogP contribution in [0.1, 0.15) is 84.0 Å². The first-order valence-corrected chi connectivity index (χ1v) is 9.28. The lowest BCUT2D eigenvalue weighted by atomic mass is 9.95. The van der Waals surface area contributed by atoms with Crippen LogP contribution in [0, 0.1) is 5.92 Å². The molecular weight excluding hydrogens is 292 g/mol. The van der Waals surface area contributed by atoms with E-state index < -0.39 is 18.0 Å².